The summed E-state index contributed by atoms with van der Waals surface area (Å²) in [7, 11) is 1.36. The number of hydrogen-bond acceptors (Lipinski definition) is 4. The van der Waals surface area contributed by atoms with E-state index in [1.165, 1.54) is 13.2 Å². The molecule has 0 aromatic carbocycles. The molecule has 1 aliphatic heterocycles. The van der Waals surface area contributed by atoms with Crippen LogP contribution in [0.2, 0.25) is 0 Å². The van der Waals surface area contributed by atoms with Crippen LogP contribution >= 0.6 is 0 Å². The Balaban J connectivity index is 2.88. The van der Waals surface area contributed by atoms with Crippen LogP contribution in [0.25, 0.3) is 0 Å². The summed E-state index contributed by atoms with van der Waals surface area (Å²) in [6.07, 6.45) is 2.13. The highest BCUT2D eigenvalue weighted by Crippen LogP contribution is 2.11. The molecule has 5 nitrogen and oxygen atoms in total. The number of hydrogen-bond donors (Lipinski definition) is 1. The fourth-order valence-electron chi connectivity index (χ4n) is 0.789. The molecular weight excluding hydrogens is 162 g/mol. The monoisotopic (exact) mass is 169 g/mol. The van der Waals surface area contributed by atoms with Crippen LogP contribution < -0.4 is 0 Å². The lowest BCUT2D eigenvalue weighted by Gasteiger charge is -2.09. The van der Waals surface area contributed by atoms with Gasteiger partial charge in [-0.3, -0.25) is 9.59 Å². The van der Waals surface area contributed by atoms with E-state index in [9.17, 15) is 9.59 Å². The van der Waals surface area contributed by atoms with Crippen LogP contribution in [0.3, 0.4) is 0 Å². The van der Waals surface area contributed by atoms with E-state index in [1.807, 2.05) is 0 Å². The van der Waals surface area contributed by atoms with Crippen LogP contribution in [0, 0.1) is 5.92 Å². The molecule has 0 fully saturated rings. The number of rotatable bonds is 2. The lowest BCUT2D eigenvalue weighted by atomic mass is 10.0. The Hall–Kier alpha value is -1.65. The van der Waals surface area contributed by atoms with Gasteiger partial charge in [-0.05, 0) is 6.08 Å². The second-order valence-electron chi connectivity index (χ2n) is 2.19. The zero-order valence-electron chi connectivity index (χ0n) is 6.35. The number of Topliss-reactive ketones (excluding diaryl/α,β-unsaturated/α-hetero) is 1. The Morgan fingerprint density at radius 1 is 1.75 bits per heavy atom. The van der Waals surface area contributed by atoms with Crippen molar-refractivity contribution in [3.8, 4) is 0 Å². The molecular formula is C7H7NO4. The van der Waals surface area contributed by atoms with E-state index >= 15 is 0 Å². The summed E-state index contributed by atoms with van der Waals surface area (Å²) in [4.78, 5) is 24.9. The molecule has 0 aliphatic carbocycles. The van der Waals surface area contributed by atoms with Gasteiger partial charge < -0.3 is 9.84 Å². The number of nitrogens with zero attached hydrogens (tertiary/aromatic N) is 1. The summed E-state index contributed by atoms with van der Waals surface area (Å²) in [6, 6.07) is 0. The van der Waals surface area contributed by atoms with Gasteiger partial charge in [-0.25, -0.2) is 4.99 Å². The maximum absolute atomic E-state index is 10.9. The second-order valence-corrected chi connectivity index (χ2v) is 2.19. The SMILES string of the molecule is COC1=CC(C(=O)O)C(=O)C=N1. The molecule has 5 heteroatoms. The quantitative estimate of drug-likeness (QED) is 0.582. The summed E-state index contributed by atoms with van der Waals surface area (Å²) >= 11 is 0. The van der Waals surface area contributed by atoms with Crippen molar-refractivity contribution in [2.45, 2.75) is 0 Å². The smallest absolute Gasteiger partial charge is 0.318 e. The van der Waals surface area contributed by atoms with Gasteiger partial charge in [0.25, 0.3) is 0 Å². The highest BCUT2D eigenvalue weighted by molar-refractivity contribution is 6.34. The van der Waals surface area contributed by atoms with Gasteiger partial charge in [-0.2, -0.15) is 0 Å². The van der Waals surface area contributed by atoms with Crippen LogP contribution in [-0.2, 0) is 14.3 Å². The van der Waals surface area contributed by atoms with Crippen molar-refractivity contribution in [1.82, 2.24) is 0 Å². The normalized spacial score (nSPS) is 21.9. The maximum atomic E-state index is 10.9. The molecule has 12 heavy (non-hydrogen) atoms. The Morgan fingerprint density at radius 3 is 2.92 bits per heavy atom. The van der Waals surface area contributed by atoms with Crippen molar-refractivity contribution < 1.29 is 19.4 Å². The predicted molar refractivity (Wildman–Crippen MR) is 39.7 cm³/mol. The van der Waals surface area contributed by atoms with E-state index in [4.69, 9.17) is 5.11 Å². The van der Waals surface area contributed by atoms with Crippen molar-refractivity contribution in [3.05, 3.63) is 12.0 Å². The molecule has 0 saturated heterocycles. The molecule has 1 aliphatic rings. The van der Waals surface area contributed by atoms with E-state index in [1.54, 1.807) is 0 Å². The fraction of sp³-hybridized carbons (Fsp3) is 0.286. The average Bonchev–Trinajstić information content (AvgIpc) is 2.05. The van der Waals surface area contributed by atoms with Gasteiger partial charge in [0.1, 0.15) is 5.92 Å². The third kappa shape index (κ3) is 1.50. The van der Waals surface area contributed by atoms with Gasteiger partial charge in [0.05, 0.1) is 13.3 Å². The van der Waals surface area contributed by atoms with Crippen LogP contribution in [0.4, 0.5) is 0 Å². The first kappa shape index (κ1) is 8.45. The predicted octanol–water partition coefficient (Wildman–Crippen LogP) is -0.172. The number of carboxylic acids is 1. The molecule has 0 radical (unpaired) electrons. The van der Waals surface area contributed by atoms with Gasteiger partial charge in [-0.15, -0.1) is 0 Å². The average molecular weight is 169 g/mol. The molecule has 1 rings (SSSR count). The largest absolute Gasteiger partial charge is 0.481 e. The van der Waals surface area contributed by atoms with E-state index in [0.717, 1.165) is 6.21 Å². The zero-order chi connectivity index (χ0) is 9.14. The third-order valence-corrected chi connectivity index (χ3v) is 1.41. The Labute approximate surface area is 68.4 Å². The number of carbonyl (C=O) groups excluding carboxylic acids is 1. The number of carboxylic acid groups (broad SMARTS) is 1. The third-order valence-electron chi connectivity index (χ3n) is 1.41. The molecule has 0 amide bonds. The number of methoxy groups -OCH3 is 1. The van der Waals surface area contributed by atoms with E-state index in [0.29, 0.717) is 0 Å². The molecule has 0 aromatic heterocycles. The minimum absolute atomic E-state index is 0.155. The standard InChI is InChI=1S/C7H7NO4/c1-12-6-2-4(7(10)11)5(9)3-8-6/h2-4H,1H3,(H,10,11). The van der Waals surface area contributed by atoms with Gasteiger partial charge in [0.15, 0.2) is 5.78 Å². The molecule has 0 aromatic rings. The second kappa shape index (κ2) is 3.17. The van der Waals surface area contributed by atoms with E-state index in [2.05, 4.69) is 9.73 Å². The number of ketones is 1. The highest BCUT2D eigenvalue weighted by atomic mass is 16.5. The first-order chi connectivity index (χ1) is 5.65. The summed E-state index contributed by atoms with van der Waals surface area (Å²) in [6.45, 7) is 0. The summed E-state index contributed by atoms with van der Waals surface area (Å²) in [5.41, 5.74) is 0. The maximum Gasteiger partial charge on any atom is 0.318 e. The molecule has 1 unspecified atom stereocenters. The number of carbonyl (C=O) groups is 2. The number of aliphatic imine (C=N–C) groups is 1. The molecule has 64 valence electrons. The van der Waals surface area contributed by atoms with Crippen molar-refractivity contribution in [2.24, 2.45) is 10.9 Å². The van der Waals surface area contributed by atoms with Gasteiger partial charge in [0.2, 0.25) is 5.88 Å². The Bertz CT molecular complexity index is 279. The lowest BCUT2D eigenvalue weighted by molar-refractivity contribution is -0.142. The van der Waals surface area contributed by atoms with Gasteiger partial charge >= 0.3 is 5.97 Å². The minimum atomic E-state index is -1.19. The van der Waals surface area contributed by atoms with Crippen LogP contribution in [0.1, 0.15) is 0 Å². The molecule has 1 N–H and O–H groups in total. The Kier molecular flexibility index (Phi) is 2.23. The summed E-state index contributed by atoms with van der Waals surface area (Å²) in [5.74, 6) is -2.73. The molecule has 1 heterocycles. The van der Waals surface area contributed by atoms with Crippen LogP contribution in [0.15, 0.2) is 17.0 Å². The molecule has 0 bridgehead atoms. The fourth-order valence-corrected chi connectivity index (χ4v) is 0.789. The number of aliphatic carboxylic acids is 1. The Morgan fingerprint density at radius 2 is 2.42 bits per heavy atom. The molecule has 1 atom stereocenters. The van der Waals surface area contributed by atoms with Crippen LogP contribution in [-0.4, -0.2) is 30.2 Å². The van der Waals surface area contributed by atoms with Crippen molar-refractivity contribution >= 4 is 18.0 Å². The van der Waals surface area contributed by atoms with E-state index in [-0.39, 0.29) is 5.88 Å². The van der Waals surface area contributed by atoms with Gasteiger partial charge in [-0.1, -0.05) is 0 Å². The summed E-state index contributed by atoms with van der Waals surface area (Å²) < 4.78 is 4.67. The highest BCUT2D eigenvalue weighted by Gasteiger charge is 2.26. The van der Waals surface area contributed by atoms with Gasteiger partial charge in [0, 0.05) is 0 Å². The first-order valence-electron chi connectivity index (χ1n) is 3.21. The number of ether oxygens (including phenoxy) is 1. The van der Waals surface area contributed by atoms with Crippen molar-refractivity contribution in [2.75, 3.05) is 7.11 Å². The van der Waals surface area contributed by atoms with Crippen LogP contribution in [0.5, 0.6) is 0 Å². The lowest BCUT2D eigenvalue weighted by Crippen LogP contribution is -2.25. The van der Waals surface area contributed by atoms with E-state index < -0.39 is 17.7 Å². The summed E-state index contributed by atoms with van der Waals surface area (Å²) in [5, 5.41) is 8.54. The first-order valence-corrected chi connectivity index (χ1v) is 3.21. The molecule has 0 spiro atoms. The zero-order valence-corrected chi connectivity index (χ0v) is 6.35. The van der Waals surface area contributed by atoms with Crippen molar-refractivity contribution in [3.63, 3.8) is 0 Å². The topological polar surface area (TPSA) is 76.0 Å². The minimum Gasteiger partial charge on any atom is -0.481 e. The van der Waals surface area contributed by atoms with Crippen molar-refractivity contribution in [1.29, 1.82) is 0 Å². The molecule has 0 saturated carbocycles.